The van der Waals surface area contributed by atoms with Gasteiger partial charge in [0.2, 0.25) is 5.76 Å². The van der Waals surface area contributed by atoms with Crippen molar-refractivity contribution in [3.8, 4) is 5.75 Å². The maximum Gasteiger partial charge on any atom is 0.297 e. The lowest BCUT2D eigenvalue weighted by Crippen LogP contribution is -2.29. The summed E-state index contributed by atoms with van der Waals surface area (Å²) in [6.45, 7) is 7.83. The minimum atomic E-state index is -0.747. The molecular weight excluding hydrogens is 476 g/mol. The van der Waals surface area contributed by atoms with Crippen molar-refractivity contribution >= 4 is 39.1 Å². The topological polar surface area (TPSA) is 89.7 Å². The van der Waals surface area contributed by atoms with E-state index in [9.17, 15) is 14.4 Å². The first-order valence-corrected chi connectivity index (χ1v) is 12.7. The minimum absolute atomic E-state index is 0.00172. The summed E-state index contributed by atoms with van der Waals surface area (Å²) in [4.78, 5) is 46.1. The van der Waals surface area contributed by atoms with Crippen LogP contribution in [0.3, 0.4) is 0 Å². The van der Waals surface area contributed by atoms with Crippen LogP contribution in [-0.2, 0) is 0 Å². The van der Waals surface area contributed by atoms with E-state index in [1.807, 2.05) is 37.3 Å². The highest BCUT2D eigenvalue weighted by Crippen LogP contribution is 2.43. The molecule has 3 heterocycles. The molecule has 1 aliphatic rings. The number of ketones is 1. The van der Waals surface area contributed by atoms with E-state index in [1.165, 1.54) is 11.8 Å². The van der Waals surface area contributed by atoms with Crippen LogP contribution in [0.4, 0.5) is 5.13 Å². The van der Waals surface area contributed by atoms with Gasteiger partial charge in [-0.3, -0.25) is 19.3 Å². The third-order valence-corrected chi connectivity index (χ3v) is 7.56. The molecule has 36 heavy (non-hydrogen) atoms. The van der Waals surface area contributed by atoms with E-state index in [2.05, 4.69) is 11.9 Å². The lowest BCUT2D eigenvalue weighted by atomic mass is 9.98. The molecule has 2 aromatic carbocycles. The minimum Gasteiger partial charge on any atom is -0.494 e. The fourth-order valence-corrected chi connectivity index (χ4v) is 5.48. The Morgan fingerprint density at radius 3 is 2.56 bits per heavy atom. The second-order valence-electron chi connectivity index (χ2n) is 8.99. The number of Topliss-reactive ketones (excluding diaryl/α,β-unsaturated/α-hetero) is 1. The number of fused-ring (bicyclic) bond motifs is 2. The summed E-state index contributed by atoms with van der Waals surface area (Å²) in [5, 5.41) is 0.773. The number of anilines is 1. The van der Waals surface area contributed by atoms with Gasteiger partial charge in [-0.2, -0.15) is 0 Å². The smallest absolute Gasteiger partial charge is 0.297 e. The zero-order valence-corrected chi connectivity index (χ0v) is 21.4. The molecule has 0 bridgehead atoms. The van der Waals surface area contributed by atoms with Crippen LogP contribution < -0.4 is 15.1 Å². The molecule has 0 aliphatic carbocycles. The van der Waals surface area contributed by atoms with E-state index in [-0.39, 0.29) is 22.5 Å². The molecule has 0 spiro atoms. The zero-order chi connectivity index (χ0) is 25.6. The van der Waals surface area contributed by atoms with E-state index >= 15 is 0 Å². The van der Waals surface area contributed by atoms with E-state index in [1.54, 1.807) is 19.1 Å². The number of hydrogen-bond donors (Lipinski definition) is 0. The molecule has 1 aliphatic heterocycles. The van der Waals surface area contributed by atoms with Crippen molar-refractivity contribution in [1.82, 2.24) is 4.98 Å². The van der Waals surface area contributed by atoms with Gasteiger partial charge in [0, 0.05) is 6.92 Å². The predicted octanol–water partition coefficient (Wildman–Crippen LogP) is 6.00. The van der Waals surface area contributed by atoms with Gasteiger partial charge in [0.1, 0.15) is 11.3 Å². The van der Waals surface area contributed by atoms with E-state index in [0.717, 1.165) is 35.3 Å². The molecule has 4 aromatic rings. The molecule has 8 heteroatoms. The summed E-state index contributed by atoms with van der Waals surface area (Å²) < 4.78 is 11.8. The van der Waals surface area contributed by atoms with Crippen molar-refractivity contribution < 1.29 is 18.7 Å². The quantitative estimate of drug-likeness (QED) is 0.228. The van der Waals surface area contributed by atoms with Crippen molar-refractivity contribution in [3.63, 3.8) is 0 Å². The highest BCUT2D eigenvalue weighted by molar-refractivity contribution is 7.17. The standard InChI is InChI=1S/C28H26N2O5S/c1-5-6-13-34-19-10-8-18(9-11-19)23-22-24(32)20-14-15(2)7-12-21(20)35-25(22)27(33)30(23)28-29-16(3)26(36-28)17(4)31/h7-12,14,23H,5-6,13H2,1-4H3. The average molecular weight is 503 g/mol. The molecule has 0 radical (unpaired) electrons. The van der Waals surface area contributed by atoms with Crippen LogP contribution in [0, 0.1) is 13.8 Å². The van der Waals surface area contributed by atoms with Crippen LogP contribution in [0.5, 0.6) is 5.75 Å². The highest BCUT2D eigenvalue weighted by Gasteiger charge is 2.45. The molecule has 0 fully saturated rings. The SMILES string of the molecule is CCCCOc1ccc(C2c3c(oc4ccc(C)cc4c3=O)C(=O)N2c2nc(C)c(C(C)=O)s2)cc1. The monoisotopic (exact) mass is 502 g/mol. The normalized spacial score (nSPS) is 14.9. The third-order valence-electron chi connectivity index (χ3n) is 6.30. The number of carbonyl (C=O) groups excluding carboxylic acids is 2. The summed E-state index contributed by atoms with van der Waals surface area (Å²) >= 11 is 1.14. The first-order chi connectivity index (χ1) is 17.3. The van der Waals surface area contributed by atoms with Gasteiger partial charge in [-0.1, -0.05) is 48.4 Å². The Morgan fingerprint density at radius 1 is 1.14 bits per heavy atom. The number of unbranched alkanes of at least 4 members (excludes halogenated alkanes) is 1. The average Bonchev–Trinajstić information content (AvgIpc) is 3.38. The molecule has 1 amide bonds. The molecule has 7 nitrogen and oxygen atoms in total. The molecule has 0 saturated carbocycles. The van der Waals surface area contributed by atoms with Gasteiger partial charge >= 0.3 is 0 Å². The van der Waals surface area contributed by atoms with Gasteiger partial charge in [0.05, 0.1) is 34.2 Å². The molecule has 2 aromatic heterocycles. The number of aromatic nitrogens is 1. The first-order valence-electron chi connectivity index (χ1n) is 11.9. The van der Waals surface area contributed by atoms with Gasteiger partial charge in [-0.25, -0.2) is 4.98 Å². The Labute approximate surface area is 212 Å². The van der Waals surface area contributed by atoms with Gasteiger partial charge in [0.15, 0.2) is 16.3 Å². The molecular formula is C28H26N2O5S. The second kappa shape index (κ2) is 9.35. The maximum absolute atomic E-state index is 13.8. The summed E-state index contributed by atoms with van der Waals surface area (Å²) in [7, 11) is 0. The number of amides is 1. The van der Waals surface area contributed by atoms with Gasteiger partial charge < -0.3 is 9.15 Å². The highest BCUT2D eigenvalue weighted by atomic mass is 32.1. The Morgan fingerprint density at radius 2 is 1.89 bits per heavy atom. The van der Waals surface area contributed by atoms with Crippen molar-refractivity contribution in [3.05, 3.63) is 85.7 Å². The number of carbonyl (C=O) groups is 2. The molecule has 5 rings (SSSR count). The zero-order valence-electron chi connectivity index (χ0n) is 20.6. The second-order valence-corrected chi connectivity index (χ2v) is 9.97. The number of thiazole rings is 1. The van der Waals surface area contributed by atoms with Crippen LogP contribution in [0.2, 0.25) is 0 Å². The Balaban J connectivity index is 1.69. The van der Waals surface area contributed by atoms with Crippen LogP contribution in [0.25, 0.3) is 11.0 Å². The fraction of sp³-hybridized carbons (Fsp3) is 0.286. The largest absolute Gasteiger partial charge is 0.494 e. The summed E-state index contributed by atoms with van der Waals surface area (Å²) in [6.07, 6.45) is 1.99. The maximum atomic E-state index is 13.8. The molecule has 0 saturated heterocycles. The Kier molecular flexibility index (Phi) is 6.22. The number of hydrogen-bond acceptors (Lipinski definition) is 7. The lowest BCUT2D eigenvalue weighted by molar-refractivity contribution is 0.0969. The van der Waals surface area contributed by atoms with Gasteiger partial charge in [-0.05, 0) is 50.1 Å². The van der Waals surface area contributed by atoms with E-state index in [4.69, 9.17) is 9.15 Å². The van der Waals surface area contributed by atoms with Crippen LogP contribution in [-0.4, -0.2) is 23.3 Å². The summed E-state index contributed by atoms with van der Waals surface area (Å²) in [5.41, 5.74) is 2.57. The lowest BCUT2D eigenvalue weighted by Gasteiger charge is -2.22. The number of aryl methyl sites for hydroxylation is 2. The molecule has 184 valence electrons. The Bertz CT molecular complexity index is 1550. The van der Waals surface area contributed by atoms with Gasteiger partial charge in [-0.15, -0.1) is 0 Å². The fourth-order valence-electron chi connectivity index (χ4n) is 4.49. The Hall–Kier alpha value is -3.78. The van der Waals surface area contributed by atoms with Crippen molar-refractivity contribution in [2.75, 3.05) is 11.5 Å². The number of benzene rings is 2. The van der Waals surface area contributed by atoms with Crippen LogP contribution in [0.15, 0.2) is 51.7 Å². The number of rotatable bonds is 7. The van der Waals surface area contributed by atoms with Crippen LogP contribution >= 0.6 is 11.3 Å². The van der Waals surface area contributed by atoms with Gasteiger partial charge in [0.25, 0.3) is 5.91 Å². The van der Waals surface area contributed by atoms with Crippen molar-refractivity contribution in [2.45, 2.75) is 46.6 Å². The summed E-state index contributed by atoms with van der Waals surface area (Å²) in [5.74, 6) is 0.137. The number of nitrogens with zero attached hydrogens (tertiary/aromatic N) is 2. The molecule has 1 atom stereocenters. The third kappa shape index (κ3) is 4.01. The first kappa shape index (κ1) is 23.9. The predicted molar refractivity (Wildman–Crippen MR) is 140 cm³/mol. The van der Waals surface area contributed by atoms with Crippen molar-refractivity contribution in [1.29, 1.82) is 0 Å². The molecule has 1 unspecified atom stereocenters. The van der Waals surface area contributed by atoms with E-state index < -0.39 is 11.9 Å². The van der Waals surface area contributed by atoms with E-state index in [0.29, 0.717) is 39.0 Å². The number of ether oxygens (including phenoxy) is 1. The van der Waals surface area contributed by atoms with Crippen LogP contribution in [0.1, 0.15) is 75.3 Å². The summed E-state index contributed by atoms with van der Waals surface area (Å²) in [6, 6.07) is 12.0. The molecule has 0 N–H and O–H groups in total. The van der Waals surface area contributed by atoms with Crippen molar-refractivity contribution in [2.24, 2.45) is 0 Å².